The monoisotopic (exact) mass is 383 g/mol. The van der Waals surface area contributed by atoms with Gasteiger partial charge in [0.05, 0.1) is 11.1 Å². The van der Waals surface area contributed by atoms with Crippen molar-refractivity contribution in [2.75, 3.05) is 5.32 Å². The number of aromatic nitrogens is 1. The first-order valence-electron chi connectivity index (χ1n) is 8.76. The molecule has 140 valence electrons. The van der Waals surface area contributed by atoms with E-state index in [0.717, 1.165) is 29.7 Å². The van der Waals surface area contributed by atoms with Crippen LogP contribution in [0.25, 0.3) is 0 Å². The Kier molecular flexibility index (Phi) is 5.03. The Morgan fingerprint density at radius 3 is 2.78 bits per heavy atom. The highest BCUT2D eigenvalue weighted by Crippen LogP contribution is 2.44. The molecule has 0 saturated carbocycles. The molecule has 0 saturated heterocycles. The van der Waals surface area contributed by atoms with Crippen LogP contribution in [0.15, 0.2) is 18.3 Å². The number of carboxylic acids is 1. The number of fused-ring (bicyclic) bond motifs is 1. The number of pyridine rings is 1. The number of anilines is 1. The van der Waals surface area contributed by atoms with Gasteiger partial charge >= 0.3 is 5.97 Å². The molecule has 2 aromatic rings. The molecule has 27 heavy (non-hydrogen) atoms. The number of nitriles is 1. The van der Waals surface area contributed by atoms with Gasteiger partial charge in [0, 0.05) is 11.1 Å². The van der Waals surface area contributed by atoms with Crippen LogP contribution in [0.1, 0.15) is 64.0 Å². The fraction of sp³-hybridized carbons (Fsp3) is 0.400. The first-order chi connectivity index (χ1) is 12.7. The third kappa shape index (κ3) is 3.71. The van der Waals surface area contributed by atoms with E-state index < -0.39 is 11.9 Å². The van der Waals surface area contributed by atoms with Crippen LogP contribution in [0, 0.1) is 22.7 Å². The first kappa shape index (κ1) is 19.1. The lowest BCUT2D eigenvalue weighted by molar-refractivity contribution is 0.0691. The van der Waals surface area contributed by atoms with E-state index in [1.54, 1.807) is 0 Å². The van der Waals surface area contributed by atoms with E-state index in [9.17, 15) is 20.0 Å². The SMILES string of the molecule is CC(C)(C)C1CCc2c(sc(NC(=O)c3ncccc3C(=O)O)c2C#N)C1. The molecule has 0 fully saturated rings. The van der Waals surface area contributed by atoms with E-state index in [0.29, 0.717) is 16.5 Å². The van der Waals surface area contributed by atoms with Crippen molar-refractivity contribution in [3.05, 3.63) is 45.6 Å². The van der Waals surface area contributed by atoms with Crippen molar-refractivity contribution in [1.29, 1.82) is 5.26 Å². The second-order valence-electron chi connectivity index (χ2n) is 7.78. The van der Waals surface area contributed by atoms with Gasteiger partial charge in [-0.15, -0.1) is 11.3 Å². The third-order valence-electron chi connectivity index (χ3n) is 5.08. The van der Waals surface area contributed by atoms with Gasteiger partial charge in [-0.25, -0.2) is 4.79 Å². The number of amides is 1. The summed E-state index contributed by atoms with van der Waals surface area (Å²) in [4.78, 5) is 29.0. The van der Waals surface area contributed by atoms with Crippen molar-refractivity contribution in [2.24, 2.45) is 11.3 Å². The van der Waals surface area contributed by atoms with Gasteiger partial charge in [0.25, 0.3) is 5.91 Å². The van der Waals surface area contributed by atoms with Gasteiger partial charge in [-0.1, -0.05) is 20.8 Å². The fourth-order valence-electron chi connectivity index (χ4n) is 3.45. The molecule has 0 spiro atoms. The van der Waals surface area contributed by atoms with Crippen molar-refractivity contribution in [3.8, 4) is 6.07 Å². The largest absolute Gasteiger partial charge is 0.478 e. The topological polar surface area (TPSA) is 103 Å². The Bertz CT molecular complexity index is 950. The van der Waals surface area contributed by atoms with Gasteiger partial charge in [0.15, 0.2) is 0 Å². The molecule has 0 aliphatic heterocycles. The third-order valence-corrected chi connectivity index (χ3v) is 6.25. The Morgan fingerprint density at radius 2 is 2.15 bits per heavy atom. The quantitative estimate of drug-likeness (QED) is 0.830. The van der Waals surface area contributed by atoms with Crippen LogP contribution in [-0.4, -0.2) is 22.0 Å². The molecule has 2 N–H and O–H groups in total. The number of aromatic carboxylic acids is 1. The molecule has 1 amide bonds. The maximum absolute atomic E-state index is 12.6. The fourth-order valence-corrected chi connectivity index (χ4v) is 4.73. The highest BCUT2D eigenvalue weighted by atomic mass is 32.1. The molecule has 1 aliphatic rings. The average molecular weight is 383 g/mol. The summed E-state index contributed by atoms with van der Waals surface area (Å²) in [5.41, 5.74) is 1.36. The predicted octanol–water partition coefficient (Wildman–Crippen LogP) is 4.12. The molecule has 7 heteroatoms. The summed E-state index contributed by atoms with van der Waals surface area (Å²) >= 11 is 1.41. The van der Waals surface area contributed by atoms with Crippen LogP contribution in [0.2, 0.25) is 0 Å². The number of rotatable bonds is 3. The lowest BCUT2D eigenvalue weighted by Gasteiger charge is -2.33. The molecule has 6 nitrogen and oxygen atoms in total. The minimum atomic E-state index is -1.22. The van der Waals surface area contributed by atoms with Gasteiger partial charge in [0.2, 0.25) is 0 Å². The zero-order chi connectivity index (χ0) is 19.8. The van der Waals surface area contributed by atoms with Crippen LogP contribution >= 0.6 is 11.3 Å². The molecule has 3 rings (SSSR count). The molecule has 1 atom stereocenters. The smallest absolute Gasteiger partial charge is 0.338 e. The zero-order valence-corrected chi connectivity index (χ0v) is 16.3. The van der Waals surface area contributed by atoms with Gasteiger partial charge in [0.1, 0.15) is 16.8 Å². The zero-order valence-electron chi connectivity index (χ0n) is 15.5. The van der Waals surface area contributed by atoms with E-state index in [1.807, 2.05) is 0 Å². The highest BCUT2D eigenvalue weighted by Gasteiger charge is 2.32. The lowest BCUT2D eigenvalue weighted by atomic mass is 9.72. The Labute approximate surface area is 161 Å². The maximum atomic E-state index is 12.6. The number of nitrogens with one attached hydrogen (secondary N) is 1. The number of hydrogen-bond acceptors (Lipinski definition) is 5. The van der Waals surface area contributed by atoms with Crippen LogP contribution in [0.5, 0.6) is 0 Å². The lowest BCUT2D eigenvalue weighted by Crippen LogP contribution is -2.26. The Balaban J connectivity index is 1.91. The second kappa shape index (κ2) is 7.12. The molecule has 1 unspecified atom stereocenters. The molecule has 2 aromatic heterocycles. The molecular formula is C20H21N3O3S. The molecule has 0 bridgehead atoms. The number of hydrogen-bond donors (Lipinski definition) is 2. The summed E-state index contributed by atoms with van der Waals surface area (Å²) in [7, 11) is 0. The number of carbonyl (C=O) groups is 2. The van der Waals surface area contributed by atoms with Crippen LogP contribution in [0.4, 0.5) is 5.00 Å². The van der Waals surface area contributed by atoms with E-state index in [4.69, 9.17) is 0 Å². The number of nitrogens with zero attached hydrogens (tertiary/aromatic N) is 2. The first-order valence-corrected chi connectivity index (χ1v) is 9.58. The van der Waals surface area contributed by atoms with Crippen LogP contribution in [0.3, 0.4) is 0 Å². The maximum Gasteiger partial charge on any atom is 0.338 e. The summed E-state index contributed by atoms with van der Waals surface area (Å²) in [5.74, 6) is -1.31. The summed E-state index contributed by atoms with van der Waals surface area (Å²) < 4.78 is 0. The number of thiophene rings is 1. The van der Waals surface area contributed by atoms with E-state index >= 15 is 0 Å². The van der Waals surface area contributed by atoms with Crippen molar-refractivity contribution in [1.82, 2.24) is 4.98 Å². The van der Waals surface area contributed by atoms with Crippen molar-refractivity contribution in [2.45, 2.75) is 40.0 Å². The summed E-state index contributed by atoms with van der Waals surface area (Å²) in [6.45, 7) is 6.66. The van der Waals surface area contributed by atoms with Gasteiger partial charge in [-0.05, 0) is 48.3 Å². The van der Waals surface area contributed by atoms with E-state index in [2.05, 4.69) is 37.1 Å². The van der Waals surface area contributed by atoms with Gasteiger partial charge in [-0.3, -0.25) is 9.78 Å². The standard InChI is InChI=1S/C20H21N3O3S/c1-20(2,3)11-6-7-12-14(10-21)18(27-15(12)9-11)23-17(24)16-13(19(25)26)5-4-8-22-16/h4-5,8,11H,6-7,9H2,1-3H3,(H,23,24)(H,25,26). The van der Waals surface area contributed by atoms with E-state index in [1.165, 1.54) is 29.7 Å². The average Bonchev–Trinajstić information content (AvgIpc) is 2.96. The predicted molar refractivity (Wildman–Crippen MR) is 103 cm³/mol. The molecule has 0 aromatic carbocycles. The van der Waals surface area contributed by atoms with Crippen LogP contribution in [-0.2, 0) is 12.8 Å². The van der Waals surface area contributed by atoms with Crippen molar-refractivity contribution < 1.29 is 14.7 Å². The molecule has 1 aliphatic carbocycles. The normalized spacial score (nSPS) is 16.3. The summed E-state index contributed by atoms with van der Waals surface area (Å²) in [6, 6.07) is 5.02. The number of carbonyl (C=O) groups excluding carboxylic acids is 1. The molecular weight excluding hydrogens is 362 g/mol. The highest BCUT2D eigenvalue weighted by molar-refractivity contribution is 7.16. The van der Waals surface area contributed by atoms with Gasteiger partial charge < -0.3 is 10.4 Å². The molecule has 2 heterocycles. The molecule has 0 radical (unpaired) electrons. The van der Waals surface area contributed by atoms with Crippen molar-refractivity contribution >= 4 is 28.2 Å². The van der Waals surface area contributed by atoms with Crippen molar-refractivity contribution in [3.63, 3.8) is 0 Å². The minimum Gasteiger partial charge on any atom is -0.478 e. The van der Waals surface area contributed by atoms with Gasteiger partial charge in [-0.2, -0.15) is 5.26 Å². The Morgan fingerprint density at radius 1 is 1.41 bits per heavy atom. The minimum absolute atomic E-state index is 0.159. The second-order valence-corrected chi connectivity index (χ2v) is 8.89. The van der Waals surface area contributed by atoms with Crippen LogP contribution < -0.4 is 5.32 Å². The summed E-state index contributed by atoms with van der Waals surface area (Å²) in [6.07, 6.45) is 4.09. The summed E-state index contributed by atoms with van der Waals surface area (Å²) in [5, 5.41) is 22.1. The van der Waals surface area contributed by atoms with E-state index in [-0.39, 0.29) is 16.7 Å². The Hall–Kier alpha value is -2.72. The number of carboxylic acid groups (broad SMARTS) is 1.